The Morgan fingerprint density at radius 1 is 1.12 bits per heavy atom. The van der Waals surface area contributed by atoms with Crippen LogP contribution in [0.1, 0.15) is 86.6 Å². The summed E-state index contributed by atoms with van der Waals surface area (Å²) >= 11 is 0. The molecule has 1 aromatic carbocycles. The molecule has 0 spiro atoms. The molecule has 3 aromatic rings. The molecular formula is C26H36N4O2. The number of aryl methyl sites for hydroxylation is 2. The van der Waals surface area contributed by atoms with E-state index in [9.17, 15) is 9.90 Å². The van der Waals surface area contributed by atoms with Crippen LogP contribution in [0.25, 0.3) is 5.65 Å². The van der Waals surface area contributed by atoms with Gasteiger partial charge in [0.2, 0.25) is 0 Å². The van der Waals surface area contributed by atoms with Crippen molar-refractivity contribution in [3.63, 3.8) is 0 Å². The minimum atomic E-state index is -1.04. The van der Waals surface area contributed by atoms with Crippen LogP contribution in [0.5, 0.6) is 0 Å². The fourth-order valence-corrected chi connectivity index (χ4v) is 4.67. The van der Waals surface area contributed by atoms with E-state index in [1.807, 2.05) is 20.9 Å². The molecule has 1 aliphatic carbocycles. The molecule has 6 nitrogen and oxygen atoms in total. The van der Waals surface area contributed by atoms with E-state index in [4.69, 9.17) is 4.98 Å². The number of benzene rings is 1. The van der Waals surface area contributed by atoms with Gasteiger partial charge in [-0.05, 0) is 56.1 Å². The highest BCUT2D eigenvalue weighted by Crippen LogP contribution is 2.43. The summed E-state index contributed by atoms with van der Waals surface area (Å²) in [5.41, 5.74) is 5.44. The van der Waals surface area contributed by atoms with Crippen LogP contribution in [0.15, 0.2) is 30.3 Å². The van der Waals surface area contributed by atoms with Crippen molar-refractivity contribution in [3.05, 3.63) is 52.8 Å². The van der Waals surface area contributed by atoms with E-state index in [1.54, 1.807) is 10.6 Å². The summed E-state index contributed by atoms with van der Waals surface area (Å²) in [4.78, 5) is 18.5. The minimum absolute atomic E-state index is 0.0144. The summed E-state index contributed by atoms with van der Waals surface area (Å²) in [6, 6.07) is 9.90. The van der Waals surface area contributed by atoms with Gasteiger partial charge < -0.3 is 10.0 Å². The number of carboxylic acid groups (broad SMARTS) is 1. The van der Waals surface area contributed by atoms with Crippen LogP contribution in [0.2, 0.25) is 0 Å². The molecule has 1 aliphatic rings. The topological polar surface area (TPSA) is 70.7 Å². The Hall–Kier alpha value is -2.89. The Bertz CT molecular complexity index is 1090. The van der Waals surface area contributed by atoms with Crippen LogP contribution in [-0.2, 0) is 0 Å². The molecule has 172 valence electrons. The number of rotatable bonds is 4. The maximum atomic E-state index is 11.6. The van der Waals surface area contributed by atoms with Gasteiger partial charge in [-0.15, -0.1) is 0 Å². The third kappa shape index (κ3) is 4.64. The molecule has 0 atom stereocenters. The molecule has 1 fully saturated rings. The van der Waals surface area contributed by atoms with E-state index in [0.717, 1.165) is 41.2 Å². The Kier molecular flexibility index (Phi) is 6.91. The van der Waals surface area contributed by atoms with Crippen molar-refractivity contribution in [3.8, 4) is 0 Å². The molecule has 0 saturated heterocycles. The molecule has 0 radical (unpaired) electrons. The van der Waals surface area contributed by atoms with Crippen molar-refractivity contribution < 1.29 is 9.90 Å². The van der Waals surface area contributed by atoms with E-state index < -0.39 is 5.97 Å². The third-order valence-corrected chi connectivity index (χ3v) is 6.52. The van der Waals surface area contributed by atoms with Gasteiger partial charge in [-0.1, -0.05) is 45.9 Å². The van der Waals surface area contributed by atoms with E-state index in [-0.39, 0.29) is 5.69 Å². The molecule has 0 unspecified atom stereocenters. The van der Waals surface area contributed by atoms with Crippen molar-refractivity contribution in [2.45, 2.75) is 73.1 Å². The van der Waals surface area contributed by atoms with Gasteiger partial charge in [-0.2, -0.15) is 9.61 Å². The Labute approximate surface area is 191 Å². The SMILES string of the molecule is CC.Cc1cccc(C)c1N(C)c1cc(C2CCC(C)(C)CC2)nc2cc(C(=O)O)nn12. The van der Waals surface area contributed by atoms with E-state index >= 15 is 0 Å². The maximum absolute atomic E-state index is 11.6. The summed E-state index contributed by atoms with van der Waals surface area (Å²) in [5.74, 6) is 0.184. The summed E-state index contributed by atoms with van der Waals surface area (Å²) in [7, 11) is 2.01. The number of carboxylic acids is 1. The molecule has 2 heterocycles. The zero-order chi connectivity index (χ0) is 23.6. The van der Waals surface area contributed by atoms with Gasteiger partial charge in [0.15, 0.2) is 11.3 Å². The number of aromatic carboxylic acids is 1. The van der Waals surface area contributed by atoms with Gasteiger partial charge in [0.1, 0.15) is 5.82 Å². The Balaban J connectivity index is 0.00000141. The van der Waals surface area contributed by atoms with Crippen LogP contribution in [0.4, 0.5) is 11.5 Å². The maximum Gasteiger partial charge on any atom is 0.356 e. The van der Waals surface area contributed by atoms with Gasteiger partial charge >= 0.3 is 5.97 Å². The zero-order valence-corrected chi connectivity index (χ0v) is 20.4. The second-order valence-electron chi connectivity index (χ2n) is 9.38. The predicted octanol–water partition coefficient (Wildman–Crippen LogP) is 6.52. The molecule has 1 saturated carbocycles. The second-order valence-corrected chi connectivity index (χ2v) is 9.38. The average Bonchev–Trinajstić information content (AvgIpc) is 3.19. The first-order chi connectivity index (χ1) is 15.2. The standard InChI is InChI=1S/C24H30N4O2.C2H6/c1-15-7-6-8-16(2)22(15)27(5)21-14-18(17-9-11-24(3,4)12-10-17)25-20-13-19(23(29)30)26-28(20)21;1-2/h6-8,13-14,17H,9-12H2,1-5H3,(H,29,30);1-2H3. The van der Waals surface area contributed by atoms with E-state index in [1.165, 1.54) is 12.8 Å². The second kappa shape index (κ2) is 9.31. The smallest absolute Gasteiger partial charge is 0.356 e. The predicted molar refractivity (Wildman–Crippen MR) is 130 cm³/mol. The van der Waals surface area contributed by atoms with Crippen LogP contribution >= 0.6 is 0 Å². The summed E-state index contributed by atoms with van der Waals surface area (Å²) in [5, 5.41) is 13.8. The molecule has 0 amide bonds. The van der Waals surface area contributed by atoms with Crippen LogP contribution < -0.4 is 4.90 Å². The van der Waals surface area contributed by atoms with Gasteiger partial charge in [0.05, 0.1) is 0 Å². The minimum Gasteiger partial charge on any atom is -0.476 e. The van der Waals surface area contributed by atoms with Crippen molar-refractivity contribution in [2.24, 2.45) is 5.41 Å². The highest BCUT2D eigenvalue weighted by Gasteiger charge is 2.29. The number of anilines is 2. The molecule has 0 bridgehead atoms. The summed E-state index contributed by atoms with van der Waals surface area (Å²) in [6.45, 7) is 12.8. The number of carbonyl (C=O) groups is 1. The van der Waals surface area contributed by atoms with Crippen LogP contribution in [-0.4, -0.2) is 32.7 Å². The third-order valence-electron chi connectivity index (χ3n) is 6.52. The number of aromatic nitrogens is 3. The van der Waals surface area contributed by atoms with Crippen molar-refractivity contribution in [1.82, 2.24) is 14.6 Å². The lowest BCUT2D eigenvalue weighted by molar-refractivity contribution is 0.0690. The fourth-order valence-electron chi connectivity index (χ4n) is 4.67. The molecule has 1 N–H and O–H groups in total. The monoisotopic (exact) mass is 436 g/mol. The summed E-state index contributed by atoms with van der Waals surface area (Å²) in [6.07, 6.45) is 4.55. The van der Waals surface area contributed by atoms with Gasteiger partial charge in [0.25, 0.3) is 0 Å². The van der Waals surface area contributed by atoms with E-state index in [2.05, 4.69) is 62.0 Å². The zero-order valence-electron chi connectivity index (χ0n) is 20.4. The molecule has 6 heteroatoms. The number of hydrogen-bond acceptors (Lipinski definition) is 4. The van der Waals surface area contributed by atoms with Gasteiger partial charge in [-0.3, -0.25) is 0 Å². The number of hydrogen-bond donors (Lipinski definition) is 1. The highest BCUT2D eigenvalue weighted by atomic mass is 16.4. The van der Waals surface area contributed by atoms with Crippen molar-refractivity contribution in [1.29, 1.82) is 0 Å². The highest BCUT2D eigenvalue weighted by molar-refractivity contribution is 5.87. The lowest BCUT2D eigenvalue weighted by Gasteiger charge is -2.34. The first-order valence-corrected chi connectivity index (χ1v) is 11.6. The first kappa shape index (κ1) is 23.8. The average molecular weight is 437 g/mol. The molecular weight excluding hydrogens is 400 g/mol. The quantitative estimate of drug-likeness (QED) is 0.504. The van der Waals surface area contributed by atoms with Crippen LogP contribution in [0, 0.1) is 19.3 Å². The Morgan fingerprint density at radius 3 is 2.28 bits per heavy atom. The number of para-hydroxylation sites is 1. The normalized spacial score (nSPS) is 15.8. The first-order valence-electron chi connectivity index (χ1n) is 11.6. The lowest BCUT2D eigenvalue weighted by atomic mass is 9.72. The van der Waals surface area contributed by atoms with Crippen molar-refractivity contribution >= 4 is 23.1 Å². The molecule has 4 rings (SSSR count). The van der Waals surface area contributed by atoms with Crippen LogP contribution in [0.3, 0.4) is 0 Å². The number of nitrogens with zero attached hydrogens (tertiary/aromatic N) is 4. The van der Waals surface area contributed by atoms with Gasteiger partial charge in [0, 0.05) is 36.5 Å². The van der Waals surface area contributed by atoms with E-state index in [0.29, 0.717) is 17.0 Å². The Morgan fingerprint density at radius 2 is 1.72 bits per heavy atom. The summed E-state index contributed by atoms with van der Waals surface area (Å²) < 4.78 is 1.66. The molecule has 0 aliphatic heterocycles. The lowest BCUT2D eigenvalue weighted by Crippen LogP contribution is -2.22. The van der Waals surface area contributed by atoms with Gasteiger partial charge in [-0.25, -0.2) is 9.78 Å². The van der Waals surface area contributed by atoms with Crippen molar-refractivity contribution in [2.75, 3.05) is 11.9 Å². The largest absolute Gasteiger partial charge is 0.476 e. The fraction of sp³-hybridized carbons (Fsp3) is 0.500. The molecule has 32 heavy (non-hydrogen) atoms. The number of fused-ring (bicyclic) bond motifs is 1. The molecule has 2 aromatic heterocycles.